The van der Waals surface area contributed by atoms with E-state index in [1.807, 2.05) is 35.4 Å². The molecular formula is C25H30N4O3. The van der Waals surface area contributed by atoms with Gasteiger partial charge in [-0.05, 0) is 61.9 Å². The van der Waals surface area contributed by atoms with E-state index < -0.39 is 0 Å². The summed E-state index contributed by atoms with van der Waals surface area (Å²) in [5, 5.41) is 18.8. The van der Waals surface area contributed by atoms with Crippen LogP contribution in [-0.4, -0.2) is 56.9 Å². The number of amides is 1. The third-order valence-corrected chi connectivity index (χ3v) is 6.22. The van der Waals surface area contributed by atoms with E-state index in [1.54, 1.807) is 12.1 Å². The number of nitrogens with one attached hydrogen (secondary N) is 1. The van der Waals surface area contributed by atoms with Gasteiger partial charge in [0.25, 0.3) is 0 Å². The fraction of sp³-hybridized carbons (Fsp3) is 0.400. The van der Waals surface area contributed by atoms with Crippen molar-refractivity contribution in [3.63, 3.8) is 0 Å². The summed E-state index contributed by atoms with van der Waals surface area (Å²) >= 11 is 0. The number of H-pyrrole nitrogens is 1. The number of aromatic nitrogens is 3. The van der Waals surface area contributed by atoms with Crippen LogP contribution in [0.1, 0.15) is 32.1 Å². The molecule has 32 heavy (non-hydrogen) atoms. The molecule has 3 aromatic rings. The Balaban J connectivity index is 0.000000132. The van der Waals surface area contributed by atoms with Crippen molar-refractivity contribution >= 4 is 16.9 Å². The van der Waals surface area contributed by atoms with E-state index in [2.05, 4.69) is 21.8 Å². The maximum Gasteiger partial charge on any atom is 0.246 e. The Morgan fingerprint density at radius 2 is 1.97 bits per heavy atom. The van der Waals surface area contributed by atoms with Crippen molar-refractivity contribution in [3.8, 4) is 17.0 Å². The van der Waals surface area contributed by atoms with Crippen LogP contribution in [0.15, 0.2) is 55.3 Å². The topological polar surface area (TPSA) is 91.3 Å². The van der Waals surface area contributed by atoms with Crippen molar-refractivity contribution in [2.75, 3.05) is 19.8 Å². The van der Waals surface area contributed by atoms with E-state index in [1.165, 1.54) is 38.2 Å². The van der Waals surface area contributed by atoms with Gasteiger partial charge in [0, 0.05) is 42.9 Å². The lowest BCUT2D eigenvalue weighted by molar-refractivity contribution is -0.136. The number of likely N-dealkylation sites (tertiary alicyclic amines) is 1. The van der Waals surface area contributed by atoms with E-state index in [4.69, 9.17) is 4.74 Å². The van der Waals surface area contributed by atoms with Gasteiger partial charge in [0.15, 0.2) is 5.65 Å². The molecule has 6 rings (SSSR count). The lowest BCUT2D eigenvalue weighted by Gasteiger charge is -2.44. The summed E-state index contributed by atoms with van der Waals surface area (Å²) in [6.45, 7) is 6.47. The van der Waals surface area contributed by atoms with Gasteiger partial charge in [0.05, 0.1) is 5.69 Å². The number of phenols is 1. The third-order valence-electron chi connectivity index (χ3n) is 6.22. The van der Waals surface area contributed by atoms with E-state index in [9.17, 15) is 9.90 Å². The van der Waals surface area contributed by atoms with Crippen molar-refractivity contribution in [3.05, 3.63) is 55.3 Å². The predicted molar refractivity (Wildman–Crippen MR) is 124 cm³/mol. The molecular weight excluding hydrogens is 404 g/mol. The maximum absolute atomic E-state index is 11.1. The summed E-state index contributed by atoms with van der Waals surface area (Å²) in [6.07, 6.45) is 9.63. The van der Waals surface area contributed by atoms with E-state index >= 15 is 0 Å². The number of benzene rings is 1. The number of fused-ring (bicyclic) bond motifs is 2. The number of aromatic hydroxyl groups is 1. The average molecular weight is 435 g/mol. The summed E-state index contributed by atoms with van der Waals surface area (Å²) in [4.78, 5) is 16.1. The van der Waals surface area contributed by atoms with E-state index in [0.717, 1.165) is 36.7 Å². The van der Waals surface area contributed by atoms with Crippen LogP contribution in [0.25, 0.3) is 22.3 Å². The number of para-hydroxylation sites is 1. The minimum Gasteiger partial charge on any atom is -0.507 e. The van der Waals surface area contributed by atoms with Crippen molar-refractivity contribution < 1.29 is 14.6 Å². The zero-order valence-corrected chi connectivity index (χ0v) is 18.2. The van der Waals surface area contributed by atoms with Gasteiger partial charge in [-0.1, -0.05) is 25.1 Å². The van der Waals surface area contributed by atoms with E-state index in [-0.39, 0.29) is 11.7 Å². The zero-order chi connectivity index (χ0) is 22.3. The molecule has 1 saturated carbocycles. The Labute approximate surface area is 188 Å². The SMILES string of the molecule is C1CCOC1.C=CC(=O)N1CC2CCCC21.Oc1ccccc1-c1cc2cc[nH]c2nn1. The molecule has 2 unspecified atom stereocenters. The average Bonchev–Trinajstić information content (AvgIpc) is 3.58. The minimum absolute atomic E-state index is 0.119. The summed E-state index contributed by atoms with van der Waals surface area (Å²) < 4.78 is 4.94. The first-order valence-electron chi connectivity index (χ1n) is 11.3. The Kier molecular flexibility index (Phi) is 7.17. The number of carbonyl (C=O) groups excluding carboxylic acids is 1. The predicted octanol–water partition coefficient (Wildman–Crippen LogP) is 4.31. The molecule has 2 saturated heterocycles. The number of aromatic amines is 1. The van der Waals surface area contributed by atoms with Gasteiger partial charge in [0.2, 0.25) is 5.91 Å². The molecule has 7 nitrogen and oxygen atoms in total. The van der Waals surface area contributed by atoms with Crippen LogP contribution in [0.5, 0.6) is 5.75 Å². The first kappa shape index (κ1) is 22.0. The van der Waals surface area contributed by atoms with Crippen LogP contribution in [0.4, 0.5) is 0 Å². The molecule has 3 fully saturated rings. The maximum atomic E-state index is 11.1. The van der Waals surface area contributed by atoms with Gasteiger partial charge in [0.1, 0.15) is 5.75 Å². The van der Waals surface area contributed by atoms with Gasteiger partial charge in [-0.2, -0.15) is 0 Å². The monoisotopic (exact) mass is 434 g/mol. The highest BCUT2D eigenvalue weighted by atomic mass is 16.5. The van der Waals surface area contributed by atoms with Crippen molar-refractivity contribution in [1.29, 1.82) is 0 Å². The Morgan fingerprint density at radius 3 is 2.66 bits per heavy atom. The fourth-order valence-electron chi connectivity index (χ4n) is 4.45. The number of phenolic OH excluding ortho intramolecular Hbond substituents is 1. The number of nitrogens with zero attached hydrogens (tertiary/aromatic N) is 3. The van der Waals surface area contributed by atoms with Crippen LogP contribution < -0.4 is 0 Å². The Bertz CT molecular complexity index is 1050. The highest BCUT2D eigenvalue weighted by Crippen LogP contribution is 2.38. The van der Waals surface area contributed by atoms with Gasteiger partial charge in [-0.3, -0.25) is 4.79 Å². The molecule has 1 amide bonds. The van der Waals surface area contributed by atoms with Crippen LogP contribution in [0.3, 0.4) is 0 Å². The summed E-state index contributed by atoms with van der Waals surface area (Å²) in [7, 11) is 0. The Hall–Kier alpha value is -3.19. The van der Waals surface area contributed by atoms with Crippen LogP contribution >= 0.6 is 0 Å². The Morgan fingerprint density at radius 1 is 1.16 bits per heavy atom. The molecule has 2 aromatic heterocycles. The van der Waals surface area contributed by atoms with Gasteiger partial charge < -0.3 is 19.7 Å². The molecule has 2 N–H and O–H groups in total. The number of hydrogen-bond donors (Lipinski definition) is 2. The minimum atomic E-state index is 0.119. The normalized spacial score (nSPS) is 20.9. The van der Waals surface area contributed by atoms with Crippen molar-refractivity contribution in [1.82, 2.24) is 20.1 Å². The van der Waals surface area contributed by atoms with Crippen LogP contribution in [-0.2, 0) is 9.53 Å². The van der Waals surface area contributed by atoms with Gasteiger partial charge in [-0.25, -0.2) is 0 Å². The first-order valence-corrected chi connectivity index (χ1v) is 11.3. The molecule has 4 heterocycles. The number of hydrogen-bond acceptors (Lipinski definition) is 5. The standard InChI is InChI=1S/C12H9N3O.C9H13NO.C4H8O/c16-11-4-2-1-3-9(11)10-7-8-5-6-13-12(8)15-14-10;1-2-9(11)10-6-7-4-3-5-8(7)10;1-2-4-5-3-1/h1-7,16H,(H,13,15);2,7-8H,1,3-6H2;1-4H2. The molecule has 1 aromatic carbocycles. The third kappa shape index (κ3) is 4.99. The van der Waals surface area contributed by atoms with Crippen LogP contribution in [0.2, 0.25) is 0 Å². The number of ether oxygens (including phenoxy) is 1. The van der Waals surface area contributed by atoms with Crippen molar-refractivity contribution in [2.45, 2.75) is 38.1 Å². The molecule has 1 aliphatic carbocycles. The lowest BCUT2D eigenvalue weighted by atomic mass is 9.92. The van der Waals surface area contributed by atoms with E-state index in [0.29, 0.717) is 17.3 Å². The zero-order valence-electron chi connectivity index (χ0n) is 18.2. The summed E-state index contributed by atoms with van der Waals surface area (Å²) in [6, 6.07) is 11.5. The molecule has 0 radical (unpaired) electrons. The molecule has 0 spiro atoms. The lowest BCUT2D eigenvalue weighted by Crippen LogP contribution is -2.55. The number of rotatable bonds is 2. The first-order chi connectivity index (χ1) is 15.7. The molecule has 0 bridgehead atoms. The molecule has 2 atom stereocenters. The summed E-state index contributed by atoms with van der Waals surface area (Å²) in [5.74, 6) is 1.15. The fourth-order valence-corrected chi connectivity index (χ4v) is 4.45. The quantitative estimate of drug-likeness (QED) is 0.587. The molecule has 7 heteroatoms. The van der Waals surface area contributed by atoms with Gasteiger partial charge in [-0.15, -0.1) is 10.2 Å². The van der Waals surface area contributed by atoms with Crippen molar-refractivity contribution in [2.24, 2.45) is 5.92 Å². The van der Waals surface area contributed by atoms with Gasteiger partial charge >= 0.3 is 0 Å². The largest absolute Gasteiger partial charge is 0.507 e. The summed E-state index contributed by atoms with van der Waals surface area (Å²) in [5.41, 5.74) is 2.11. The second kappa shape index (κ2) is 10.4. The smallest absolute Gasteiger partial charge is 0.246 e. The second-order valence-corrected chi connectivity index (χ2v) is 8.30. The second-order valence-electron chi connectivity index (χ2n) is 8.30. The van der Waals surface area contributed by atoms with Crippen LogP contribution in [0, 0.1) is 5.92 Å². The molecule has 168 valence electrons. The molecule has 3 aliphatic rings. The number of carbonyl (C=O) groups is 1. The highest BCUT2D eigenvalue weighted by Gasteiger charge is 2.43. The highest BCUT2D eigenvalue weighted by molar-refractivity contribution is 5.88. The molecule has 2 aliphatic heterocycles.